The lowest BCUT2D eigenvalue weighted by atomic mass is 10.1. The highest BCUT2D eigenvalue weighted by Gasteiger charge is 2.15. The molecule has 0 aliphatic rings. The maximum absolute atomic E-state index is 9.08. The maximum Gasteiger partial charge on any atom is 0.0778 e. The molecule has 0 aromatic rings. The van der Waals surface area contributed by atoms with Crippen LogP contribution < -0.4 is 0 Å². The highest BCUT2D eigenvalue weighted by atomic mass is 16.5. The Hall–Kier alpha value is -0.200. The van der Waals surface area contributed by atoms with E-state index in [-0.39, 0.29) is 19.3 Å². The van der Waals surface area contributed by atoms with E-state index in [1.54, 1.807) is 0 Å². The lowest BCUT2D eigenvalue weighted by Crippen LogP contribution is -2.39. The first-order valence-corrected chi connectivity index (χ1v) is 8.29. The summed E-state index contributed by atoms with van der Waals surface area (Å²) in [6, 6.07) is 0.528. The maximum atomic E-state index is 9.08. The summed E-state index contributed by atoms with van der Waals surface area (Å²) in [5, 5.41) is 25.8. The smallest absolute Gasteiger partial charge is 0.0778 e. The summed E-state index contributed by atoms with van der Waals surface area (Å²) in [5.41, 5.74) is 0. The highest BCUT2D eigenvalue weighted by Crippen LogP contribution is 2.10. The third kappa shape index (κ3) is 14.5. The Balaban J connectivity index is 0. The lowest BCUT2D eigenvalue weighted by molar-refractivity contribution is 0.00522. The van der Waals surface area contributed by atoms with E-state index in [4.69, 9.17) is 20.1 Å². The van der Waals surface area contributed by atoms with Crippen molar-refractivity contribution in [2.45, 2.75) is 65.5 Å². The molecule has 0 radical (unpaired) electrons. The second-order valence-electron chi connectivity index (χ2n) is 5.20. The zero-order valence-electron chi connectivity index (χ0n) is 14.4. The van der Waals surface area contributed by atoms with Gasteiger partial charge in [0.1, 0.15) is 0 Å². The molecule has 2 atom stereocenters. The van der Waals surface area contributed by atoms with E-state index in [9.17, 15) is 0 Å². The van der Waals surface area contributed by atoms with Gasteiger partial charge < -0.3 is 20.1 Å². The van der Waals surface area contributed by atoms with Crippen LogP contribution in [0, 0.1) is 0 Å². The zero-order valence-corrected chi connectivity index (χ0v) is 14.4. The molecular formula is C16H37NO4. The van der Waals surface area contributed by atoms with E-state index in [0.29, 0.717) is 25.8 Å². The van der Waals surface area contributed by atoms with Gasteiger partial charge in [0.2, 0.25) is 0 Å². The average molecular weight is 307 g/mol. The summed E-state index contributed by atoms with van der Waals surface area (Å²) in [6.07, 6.45) is 4.20. The van der Waals surface area contributed by atoms with E-state index in [1.165, 1.54) is 0 Å². The quantitative estimate of drug-likeness (QED) is 0.511. The van der Waals surface area contributed by atoms with Crippen LogP contribution in [0.2, 0.25) is 0 Å². The van der Waals surface area contributed by atoms with Crippen LogP contribution >= 0.6 is 0 Å². The van der Waals surface area contributed by atoms with Crippen molar-refractivity contribution in [3.63, 3.8) is 0 Å². The summed E-state index contributed by atoms with van der Waals surface area (Å²) in [4.78, 5) is 2.29. The van der Waals surface area contributed by atoms with Crippen LogP contribution in [-0.2, 0) is 4.74 Å². The Morgan fingerprint density at radius 3 is 1.95 bits per heavy atom. The molecule has 0 spiro atoms. The minimum absolute atomic E-state index is 0.0617. The van der Waals surface area contributed by atoms with Gasteiger partial charge in [-0.3, -0.25) is 4.90 Å². The van der Waals surface area contributed by atoms with Gasteiger partial charge in [0.15, 0.2) is 0 Å². The molecule has 5 heteroatoms. The minimum atomic E-state index is -0.0998. The number of ether oxygens (including phenoxy) is 1. The number of hydrogen-bond acceptors (Lipinski definition) is 5. The number of nitrogens with zero attached hydrogens (tertiary/aromatic N) is 1. The Bertz CT molecular complexity index is 191. The fourth-order valence-electron chi connectivity index (χ4n) is 2.01. The normalized spacial score (nSPS) is 13.7. The molecule has 130 valence electrons. The summed E-state index contributed by atoms with van der Waals surface area (Å²) < 4.78 is 5.47. The van der Waals surface area contributed by atoms with Crippen LogP contribution in [-0.4, -0.2) is 71.9 Å². The van der Waals surface area contributed by atoms with E-state index >= 15 is 0 Å². The molecule has 0 aliphatic heterocycles. The fourth-order valence-corrected chi connectivity index (χ4v) is 2.01. The monoisotopic (exact) mass is 307 g/mol. The number of hydrogen-bond donors (Lipinski definition) is 3. The van der Waals surface area contributed by atoms with Gasteiger partial charge >= 0.3 is 0 Å². The molecule has 0 aromatic carbocycles. The molecule has 0 fully saturated rings. The van der Waals surface area contributed by atoms with Gasteiger partial charge in [0.25, 0.3) is 0 Å². The van der Waals surface area contributed by atoms with Crippen LogP contribution in [0.5, 0.6) is 0 Å². The molecule has 0 aromatic heterocycles. The molecule has 0 rings (SSSR count). The van der Waals surface area contributed by atoms with Crippen molar-refractivity contribution in [3.05, 3.63) is 0 Å². The van der Waals surface area contributed by atoms with Crippen molar-refractivity contribution in [2.24, 2.45) is 0 Å². The van der Waals surface area contributed by atoms with E-state index in [0.717, 1.165) is 32.2 Å². The Kier molecular flexibility index (Phi) is 19.6. The molecule has 0 saturated carbocycles. The molecule has 0 saturated heterocycles. The number of rotatable bonds is 12. The van der Waals surface area contributed by atoms with Crippen molar-refractivity contribution in [3.8, 4) is 0 Å². The van der Waals surface area contributed by atoms with Crippen LogP contribution in [0.25, 0.3) is 0 Å². The SMILES string of the molecule is CCCC(CC)N(CCO)CCOC(C)CO.CCCO. The van der Waals surface area contributed by atoms with E-state index in [1.807, 2.05) is 13.8 Å². The van der Waals surface area contributed by atoms with Crippen molar-refractivity contribution in [1.82, 2.24) is 4.90 Å². The topological polar surface area (TPSA) is 73.2 Å². The van der Waals surface area contributed by atoms with E-state index in [2.05, 4.69) is 18.7 Å². The van der Waals surface area contributed by atoms with Gasteiger partial charge in [0, 0.05) is 25.7 Å². The largest absolute Gasteiger partial charge is 0.396 e. The van der Waals surface area contributed by atoms with Crippen LogP contribution in [0.3, 0.4) is 0 Å². The Labute approximate surface area is 130 Å². The molecule has 3 N–H and O–H groups in total. The summed E-state index contributed by atoms with van der Waals surface area (Å²) in [7, 11) is 0. The molecule has 0 amide bonds. The first-order valence-electron chi connectivity index (χ1n) is 8.29. The molecule has 0 aliphatic carbocycles. The van der Waals surface area contributed by atoms with E-state index < -0.39 is 0 Å². The fraction of sp³-hybridized carbons (Fsp3) is 1.00. The second kappa shape index (κ2) is 17.9. The van der Waals surface area contributed by atoms with Crippen molar-refractivity contribution < 1.29 is 20.1 Å². The van der Waals surface area contributed by atoms with Crippen LogP contribution in [0.15, 0.2) is 0 Å². The van der Waals surface area contributed by atoms with Crippen molar-refractivity contribution >= 4 is 0 Å². The summed E-state index contributed by atoms with van der Waals surface area (Å²) in [5.74, 6) is 0. The molecule has 5 nitrogen and oxygen atoms in total. The van der Waals surface area contributed by atoms with Gasteiger partial charge in [-0.1, -0.05) is 27.2 Å². The molecule has 0 bridgehead atoms. The van der Waals surface area contributed by atoms with Gasteiger partial charge in [-0.15, -0.1) is 0 Å². The highest BCUT2D eigenvalue weighted by molar-refractivity contribution is 4.70. The van der Waals surface area contributed by atoms with Gasteiger partial charge in [-0.25, -0.2) is 0 Å². The van der Waals surface area contributed by atoms with Crippen molar-refractivity contribution in [2.75, 3.05) is 39.5 Å². The molecule has 2 unspecified atom stereocenters. The first kappa shape index (κ1) is 23.1. The average Bonchev–Trinajstić information content (AvgIpc) is 2.51. The summed E-state index contributed by atoms with van der Waals surface area (Å²) in [6.45, 7) is 10.9. The second-order valence-corrected chi connectivity index (χ2v) is 5.20. The molecule has 0 heterocycles. The Morgan fingerprint density at radius 2 is 1.57 bits per heavy atom. The summed E-state index contributed by atoms with van der Waals surface area (Å²) >= 11 is 0. The predicted octanol–water partition coefficient (Wildman–Crippen LogP) is 1.65. The standard InChI is InChI=1S/C13H29NO3.C3H8O/c1-4-6-13(5-2)14(7-9-15)8-10-17-12(3)11-16;1-2-3-4/h12-13,15-16H,4-11H2,1-3H3;4H,2-3H2,1H3. The van der Waals surface area contributed by atoms with Gasteiger partial charge in [-0.2, -0.15) is 0 Å². The predicted molar refractivity (Wildman–Crippen MR) is 87.5 cm³/mol. The third-order valence-electron chi connectivity index (χ3n) is 3.26. The van der Waals surface area contributed by atoms with Crippen molar-refractivity contribution in [1.29, 1.82) is 0 Å². The first-order chi connectivity index (χ1) is 10.1. The third-order valence-corrected chi connectivity index (χ3v) is 3.26. The lowest BCUT2D eigenvalue weighted by Gasteiger charge is -2.30. The van der Waals surface area contributed by atoms with Crippen LogP contribution in [0.1, 0.15) is 53.4 Å². The minimum Gasteiger partial charge on any atom is -0.396 e. The molecular weight excluding hydrogens is 270 g/mol. The van der Waals surface area contributed by atoms with Gasteiger partial charge in [0.05, 0.1) is 25.9 Å². The van der Waals surface area contributed by atoms with Crippen LogP contribution in [0.4, 0.5) is 0 Å². The molecule has 21 heavy (non-hydrogen) atoms. The number of aliphatic hydroxyl groups excluding tert-OH is 3. The van der Waals surface area contributed by atoms with Gasteiger partial charge in [-0.05, 0) is 26.2 Å². The Morgan fingerprint density at radius 1 is 0.952 bits per heavy atom. The zero-order chi connectivity index (χ0) is 16.5. The number of aliphatic hydroxyl groups is 3.